The smallest absolute Gasteiger partial charge is 0.319 e. The van der Waals surface area contributed by atoms with Crippen LogP contribution in [0, 0.1) is 5.92 Å². The third-order valence-electron chi connectivity index (χ3n) is 5.00. The number of pyridine rings is 1. The van der Waals surface area contributed by atoms with Gasteiger partial charge in [-0.3, -0.25) is 4.40 Å². The number of anilines is 1. The molecule has 1 aliphatic heterocycles. The molecule has 2 unspecified atom stereocenters. The van der Waals surface area contributed by atoms with Crippen LogP contribution in [0.3, 0.4) is 0 Å². The zero-order valence-corrected chi connectivity index (χ0v) is 14.7. The summed E-state index contributed by atoms with van der Waals surface area (Å²) in [5.74, 6) is 1.86. The number of urea groups is 1. The Labute approximate surface area is 147 Å². The first kappa shape index (κ1) is 16.3. The summed E-state index contributed by atoms with van der Waals surface area (Å²) in [6, 6.07) is 3.74. The molecule has 1 aliphatic carbocycles. The van der Waals surface area contributed by atoms with Gasteiger partial charge >= 0.3 is 6.03 Å². The van der Waals surface area contributed by atoms with E-state index in [1.807, 2.05) is 22.7 Å². The molecule has 1 saturated carbocycles. The van der Waals surface area contributed by atoms with E-state index < -0.39 is 0 Å². The first-order valence-corrected chi connectivity index (χ1v) is 9.14. The topological polar surface area (TPSA) is 80.5 Å². The summed E-state index contributed by atoms with van der Waals surface area (Å²) in [6.45, 7) is 4.88. The zero-order valence-electron chi connectivity index (χ0n) is 14.7. The molecule has 2 aromatic rings. The van der Waals surface area contributed by atoms with Gasteiger partial charge in [-0.1, -0.05) is 13.8 Å². The summed E-state index contributed by atoms with van der Waals surface area (Å²) < 4.78 is 7.75. The van der Waals surface area contributed by atoms with Gasteiger partial charge in [-0.15, -0.1) is 10.2 Å². The Balaban J connectivity index is 1.40. The second-order valence-corrected chi connectivity index (χ2v) is 7.43. The van der Waals surface area contributed by atoms with Crippen LogP contribution in [0.1, 0.15) is 51.3 Å². The minimum atomic E-state index is -0.167. The van der Waals surface area contributed by atoms with Crippen LogP contribution >= 0.6 is 0 Å². The quantitative estimate of drug-likeness (QED) is 0.894. The van der Waals surface area contributed by atoms with E-state index in [0.717, 1.165) is 36.6 Å². The highest BCUT2D eigenvalue weighted by Gasteiger charge is 2.36. The normalized spacial score (nSPS) is 23.8. The molecule has 7 heteroatoms. The number of hydrogen-bond acceptors (Lipinski definition) is 4. The third-order valence-corrected chi connectivity index (χ3v) is 5.00. The number of carbonyl (C=O) groups is 1. The maximum atomic E-state index is 12.4. The van der Waals surface area contributed by atoms with E-state index in [0.29, 0.717) is 12.0 Å². The lowest BCUT2D eigenvalue weighted by molar-refractivity contribution is -0.00889. The van der Waals surface area contributed by atoms with Crippen molar-refractivity contribution in [3.63, 3.8) is 0 Å². The molecule has 2 atom stereocenters. The second kappa shape index (κ2) is 6.63. The van der Waals surface area contributed by atoms with E-state index in [9.17, 15) is 4.79 Å². The lowest BCUT2D eigenvalue weighted by atomic mass is 10.0. The fraction of sp³-hybridized carbons (Fsp3) is 0.611. The van der Waals surface area contributed by atoms with Crippen molar-refractivity contribution in [1.29, 1.82) is 0 Å². The standard InChI is InChI=1S/C18H25N5O2/c1-11(2)17-22-21-16-6-5-14(10-23(16)17)20-18(24)19-13-7-8-25-15(9-13)12-3-4-12/h5-6,10-13,15H,3-4,7-9H2,1-2H3,(H2,19,20,24). The number of hydrogen-bond donors (Lipinski definition) is 2. The van der Waals surface area contributed by atoms with Gasteiger partial charge in [0.15, 0.2) is 5.65 Å². The van der Waals surface area contributed by atoms with Crippen molar-refractivity contribution in [3.05, 3.63) is 24.2 Å². The SMILES string of the molecule is CC(C)c1nnc2ccc(NC(=O)NC3CCOC(C4CC4)C3)cn12. The maximum absolute atomic E-state index is 12.4. The van der Waals surface area contributed by atoms with Crippen LogP contribution in [0.25, 0.3) is 5.65 Å². The van der Waals surface area contributed by atoms with Gasteiger partial charge in [0.05, 0.1) is 11.8 Å². The van der Waals surface area contributed by atoms with Crippen LogP contribution in [0.15, 0.2) is 18.3 Å². The maximum Gasteiger partial charge on any atom is 0.319 e. The number of fused-ring (bicyclic) bond motifs is 1. The first-order valence-electron chi connectivity index (χ1n) is 9.14. The Morgan fingerprint density at radius 3 is 2.88 bits per heavy atom. The fourth-order valence-corrected chi connectivity index (χ4v) is 3.48. The van der Waals surface area contributed by atoms with Crippen molar-refractivity contribution in [3.8, 4) is 0 Å². The molecule has 1 saturated heterocycles. The summed E-state index contributed by atoms with van der Waals surface area (Å²) >= 11 is 0. The largest absolute Gasteiger partial charge is 0.378 e. The molecular formula is C18H25N5O2. The molecule has 2 fully saturated rings. The van der Waals surface area contributed by atoms with Crippen LogP contribution in [0.2, 0.25) is 0 Å². The highest BCUT2D eigenvalue weighted by molar-refractivity contribution is 5.89. The summed E-state index contributed by atoms with van der Waals surface area (Å²) in [7, 11) is 0. The molecule has 3 heterocycles. The molecule has 0 radical (unpaired) electrons. The van der Waals surface area contributed by atoms with Crippen LogP contribution in [0.4, 0.5) is 10.5 Å². The van der Waals surface area contributed by atoms with Gasteiger partial charge in [-0.05, 0) is 43.7 Å². The van der Waals surface area contributed by atoms with Gasteiger partial charge in [0.2, 0.25) is 0 Å². The van der Waals surface area contributed by atoms with Crippen LogP contribution in [0.5, 0.6) is 0 Å². The average molecular weight is 343 g/mol. The second-order valence-electron chi connectivity index (χ2n) is 7.43. The van der Waals surface area contributed by atoms with Gasteiger partial charge in [0.1, 0.15) is 5.82 Å². The van der Waals surface area contributed by atoms with Gasteiger partial charge in [0, 0.05) is 24.8 Å². The van der Waals surface area contributed by atoms with Gasteiger partial charge in [-0.2, -0.15) is 0 Å². The lowest BCUT2D eigenvalue weighted by Gasteiger charge is -2.30. The average Bonchev–Trinajstić information content (AvgIpc) is 3.34. The van der Waals surface area contributed by atoms with E-state index in [1.165, 1.54) is 12.8 Å². The number of aromatic nitrogens is 3. The van der Waals surface area contributed by atoms with E-state index in [2.05, 4.69) is 34.7 Å². The Morgan fingerprint density at radius 1 is 1.28 bits per heavy atom. The van der Waals surface area contributed by atoms with Crippen molar-refractivity contribution >= 4 is 17.4 Å². The summed E-state index contributed by atoms with van der Waals surface area (Å²) in [5, 5.41) is 14.4. The first-order chi connectivity index (χ1) is 12.1. The predicted octanol–water partition coefficient (Wildman–Crippen LogP) is 2.93. The van der Waals surface area contributed by atoms with Crippen molar-refractivity contribution < 1.29 is 9.53 Å². The van der Waals surface area contributed by atoms with Gasteiger partial charge in [-0.25, -0.2) is 4.79 Å². The lowest BCUT2D eigenvalue weighted by Crippen LogP contribution is -2.44. The van der Waals surface area contributed by atoms with E-state index in [4.69, 9.17) is 4.74 Å². The number of ether oxygens (including phenoxy) is 1. The van der Waals surface area contributed by atoms with Crippen LogP contribution in [-0.4, -0.2) is 39.4 Å². The van der Waals surface area contributed by atoms with Crippen LogP contribution < -0.4 is 10.6 Å². The van der Waals surface area contributed by atoms with Crippen molar-refractivity contribution in [2.45, 2.75) is 57.6 Å². The minimum absolute atomic E-state index is 0.167. The minimum Gasteiger partial charge on any atom is -0.378 e. The number of amides is 2. The van der Waals surface area contributed by atoms with Gasteiger partial charge < -0.3 is 15.4 Å². The van der Waals surface area contributed by atoms with Crippen molar-refractivity contribution in [2.75, 3.05) is 11.9 Å². The fourth-order valence-electron chi connectivity index (χ4n) is 3.48. The molecule has 0 spiro atoms. The Kier molecular flexibility index (Phi) is 4.33. The molecule has 2 N–H and O–H groups in total. The molecule has 2 aliphatic rings. The van der Waals surface area contributed by atoms with Crippen molar-refractivity contribution in [1.82, 2.24) is 19.9 Å². The monoisotopic (exact) mass is 343 g/mol. The molecular weight excluding hydrogens is 318 g/mol. The Bertz CT molecular complexity index is 768. The summed E-state index contributed by atoms with van der Waals surface area (Å²) in [6.07, 6.45) is 6.52. The Hall–Kier alpha value is -2.15. The molecule has 2 aromatic heterocycles. The molecule has 0 aromatic carbocycles. The molecule has 7 nitrogen and oxygen atoms in total. The predicted molar refractivity (Wildman–Crippen MR) is 94.7 cm³/mol. The van der Waals surface area contributed by atoms with E-state index in [1.54, 1.807) is 0 Å². The highest BCUT2D eigenvalue weighted by atomic mass is 16.5. The molecule has 25 heavy (non-hydrogen) atoms. The molecule has 0 bridgehead atoms. The van der Waals surface area contributed by atoms with E-state index in [-0.39, 0.29) is 18.0 Å². The number of nitrogens with one attached hydrogen (secondary N) is 2. The molecule has 2 amide bonds. The third kappa shape index (κ3) is 3.61. The van der Waals surface area contributed by atoms with Crippen LogP contribution in [-0.2, 0) is 4.74 Å². The number of rotatable bonds is 4. The molecule has 4 rings (SSSR count). The zero-order chi connectivity index (χ0) is 17.4. The number of carbonyl (C=O) groups excluding carboxylic acids is 1. The highest BCUT2D eigenvalue weighted by Crippen LogP contribution is 2.38. The van der Waals surface area contributed by atoms with Gasteiger partial charge in [0.25, 0.3) is 0 Å². The van der Waals surface area contributed by atoms with Crippen molar-refractivity contribution in [2.24, 2.45) is 5.92 Å². The van der Waals surface area contributed by atoms with E-state index >= 15 is 0 Å². The summed E-state index contributed by atoms with van der Waals surface area (Å²) in [4.78, 5) is 12.4. The number of nitrogens with zero attached hydrogens (tertiary/aromatic N) is 3. The summed E-state index contributed by atoms with van der Waals surface area (Å²) in [5.41, 5.74) is 1.52. The Morgan fingerprint density at radius 2 is 2.12 bits per heavy atom. The molecule has 134 valence electrons.